The first kappa shape index (κ1) is 12.8. The van der Waals surface area contributed by atoms with Crippen LogP contribution in [0.25, 0.3) is 0 Å². The van der Waals surface area contributed by atoms with E-state index < -0.39 is 0 Å². The zero-order valence-corrected chi connectivity index (χ0v) is 12.1. The van der Waals surface area contributed by atoms with Gasteiger partial charge in [-0.2, -0.15) is 4.98 Å². The number of nitrogens with one attached hydrogen (secondary N) is 1. The van der Waals surface area contributed by atoms with E-state index in [-0.39, 0.29) is 0 Å². The second-order valence-corrected chi connectivity index (χ2v) is 5.98. The predicted molar refractivity (Wildman–Crippen MR) is 78.1 cm³/mol. The summed E-state index contributed by atoms with van der Waals surface area (Å²) in [4.78, 5) is 4.52. The van der Waals surface area contributed by atoms with Crippen molar-refractivity contribution in [3.8, 4) is 0 Å². The summed E-state index contributed by atoms with van der Waals surface area (Å²) in [6.45, 7) is 2.63. The highest BCUT2D eigenvalue weighted by atomic mass is 16.5. The lowest BCUT2D eigenvalue weighted by atomic mass is 9.89. The summed E-state index contributed by atoms with van der Waals surface area (Å²) in [6.07, 6.45) is 4.05. The van der Waals surface area contributed by atoms with Gasteiger partial charge in [-0.15, -0.1) is 0 Å². The Hall–Kier alpha value is -1.88. The number of aryl methyl sites for hydroxylation is 1. The van der Waals surface area contributed by atoms with Gasteiger partial charge in [-0.3, -0.25) is 0 Å². The Labute approximate surface area is 123 Å². The molecule has 0 radical (unpaired) electrons. The number of benzene rings is 1. The molecule has 3 unspecified atom stereocenters. The van der Waals surface area contributed by atoms with Crippen LogP contribution in [0, 0.1) is 6.92 Å². The van der Waals surface area contributed by atoms with Gasteiger partial charge < -0.3 is 14.6 Å². The van der Waals surface area contributed by atoms with E-state index in [1.54, 1.807) is 0 Å². The number of ether oxygens (including phenoxy) is 1. The van der Waals surface area contributed by atoms with Crippen molar-refractivity contribution in [2.24, 2.45) is 0 Å². The zero-order chi connectivity index (χ0) is 14.2. The molecule has 110 valence electrons. The molecule has 3 heterocycles. The van der Waals surface area contributed by atoms with E-state index in [0.29, 0.717) is 30.6 Å². The van der Waals surface area contributed by atoms with Gasteiger partial charge in [0.25, 0.3) is 0 Å². The number of hydrogen-bond acceptors (Lipinski definition) is 5. The van der Waals surface area contributed by atoms with Crippen molar-refractivity contribution in [2.45, 2.75) is 50.9 Å². The summed E-state index contributed by atoms with van der Waals surface area (Å²) < 4.78 is 11.2. The average molecular weight is 285 g/mol. The molecule has 0 spiro atoms. The SMILES string of the molecule is Cc1ccc(NCc2nc(C3CC4CCC3O4)no2)cc1. The molecule has 2 saturated heterocycles. The van der Waals surface area contributed by atoms with Gasteiger partial charge in [0.2, 0.25) is 5.89 Å². The molecule has 5 heteroatoms. The highest BCUT2D eigenvalue weighted by Crippen LogP contribution is 2.43. The summed E-state index contributed by atoms with van der Waals surface area (Å²) in [5.74, 6) is 1.76. The molecule has 2 fully saturated rings. The number of fused-ring (bicyclic) bond motifs is 2. The van der Waals surface area contributed by atoms with Crippen molar-refractivity contribution in [3.05, 3.63) is 41.5 Å². The molecule has 3 atom stereocenters. The van der Waals surface area contributed by atoms with Crippen molar-refractivity contribution >= 4 is 5.69 Å². The van der Waals surface area contributed by atoms with E-state index in [1.165, 1.54) is 12.0 Å². The predicted octanol–water partition coefficient (Wildman–Crippen LogP) is 3.03. The monoisotopic (exact) mass is 285 g/mol. The van der Waals surface area contributed by atoms with E-state index in [4.69, 9.17) is 9.26 Å². The fourth-order valence-corrected chi connectivity index (χ4v) is 3.25. The molecular formula is C16H19N3O2. The van der Waals surface area contributed by atoms with Crippen LogP contribution in [0.5, 0.6) is 0 Å². The average Bonchev–Trinajstić information content (AvgIpc) is 3.22. The van der Waals surface area contributed by atoms with Crippen LogP contribution in [0.15, 0.2) is 28.8 Å². The first-order valence-electron chi connectivity index (χ1n) is 7.56. The number of aromatic nitrogens is 2. The Morgan fingerprint density at radius 2 is 2.10 bits per heavy atom. The van der Waals surface area contributed by atoms with Crippen LogP contribution in [0.4, 0.5) is 5.69 Å². The molecule has 4 rings (SSSR count). The molecule has 1 aromatic carbocycles. The van der Waals surface area contributed by atoms with E-state index in [2.05, 4.69) is 46.6 Å². The highest BCUT2D eigenvalue weighted by molar-refractivity contribution is 5.44. The Kier molecular flexibility index (Phi) is 3.15. The van der Waals surface area contributed by atoms with Gasteiger partial charge in [-0.25, -0.2) is 0 Å². The summed E-state index contributed by atoms with van der Waals surface area (Å²) in [5.41, 5.74) is 2.31. The molecule has 0 aliphatic carbocycles. The number of rotatable bonds is 4. The van der Waals surface area contributed by atoms with Gasteiger partial charge in [0, 0.05) is 5.69 Å². The number of nitrogens with zero attached hydrogens (tertiary/aromatic N) is 2. The Balaban J connectivity index is 1.39. The van der Waals surface area contributed by atoms with Gasteiger partial charge in [0.05, 0.1) is 24.7 Å². The number of hydrogen-bond donors (Lipinski definition) is 1. The molecule has 2 aliphatic heterocycles. The van der Waals surface area contributed by atoms with Crippen LogP contribution >= 0.6 is 0 Å². The first-order valence-corrected chi connectivity index (χ1v) is 7.56. The van der Waals surface area contributed by atoms with Crippen molar-refractivity contribution < 1.29 is 9.26 Å². The second kappa shape index (κ2) is 5.15. The fraction of sp³-hybridized carbons (Fsp3) is 0.500. The topological polar surface area (TPSA) is 60.2 Å². The third kappa shape index (κ3) is 2.53. The minimum absolute atomic E-state index is 0.297. The van der Waals surface area contributed by atoms with Crippen molar-refractivity contribution in [2.75, 3.05) is 5.32 Å². The molecule has 2 aromatic rings. The minimum Gasteiger partial charge on any atom is -0.376 e. The lowest BCUT2D eigenvalue weighted by Gasteiger charge is -2.13. The molecule has 1 aromatic heterocycles. The summed E-state index contributed by atoms with van der Waals surface area (Å²) in [5, 5.41) is 7.44. The molecule has 0 amide bonds. The van der Waals surface area contributed by atoms with E-state index in [0.717, 1.165) is 24.4 Å². The van der Waals surface area contributed by atoms with Crippen molar-refractivity contribution in [1.82, 2.24) is 10.1 Å². The molecule has 21 heavy (non-hydrogen) atoms. The molecule has 1 N–H and O–H groups in total. The van der Waals surface area contributed by atoms with Gasteiger partial charge >= 0.3 is 0 Å². The maximum absolute atomic E-state index is 5.85. The van der Waals surface area contributed by atoms with Crippen LogP contribution in [0.2, 0.25) is 0 Å². The Bertz CT molecular complexity index is 623. The van der Waals surface area contributed by atoms with Crippen LogP contribution < -0.4 is 5.32 Å². The molecular weight excluding hydrogens is 266 g/mol. The van der Waals surface area contributed by atoms with Crippen molar-refractivity contribution in [3.63, 3.8) is 0 Å². The normalized spacial score (nSPS) is 27.2. The zero-order valence-electron chi connectivity index (χ0n) is 12.1. The Morgan fingerprint density at radius 1 is 1.24 bits per heavy atom. The van der Waals surface area contributed by atoms with Crippen LogP contribution in [0.1, 0.15) is 42.5 Å². The van der Waals surface area contributed by atoms with Gasteiger partial charge in [-0.05, 0) is 38.3 Å². The largest absolute Gasteiger partial charge is 0.376 e. The van der Waals surface area contributed by atoms with Crippen LogP contribution in [0.3, 0.4) is 0 Å². The maximum Gasteiger partial charge on any atom is 0.245 e. The van der Waals surface area contributed by atoms with Gasteiger partial charge in [0.1, 0.15) is 0 Å². The van der Waals surface area contributed by atoms with Crippen molar-refractivity contribution in [1.29, 1.82) is 0 Å². The maximum atomic E-state index is 5.85. The van der Waals surface area contributed by atoms with E-state index >= 15 is 0 Å². The fourth-order valence-electron chi connectivity index (χ4n) is 3.25. The summed E-state index contributed by atoms with van der Waals surface area (Å²) >= 11 is 0. The molecule has 2 aliphatic rings. The van der Waals surface area contributed by atoms with Crippen LogP contribution in [-0.2, 0) is 11.3 Å². The van der Waals surface area contributed by atoms with Gasteiger partial charge in [0.15, 0.2) is 5.82 Å². The quantitative estimate of drug-likeness (QED) is 0.935. The minimum atomic E-state index is 0.297. The molecule has 0 saturated carbocycles. The first-order chi connectivity index (χ1) is 10.3. The summed E-state index contributed by atoms with van der Waals surface area (Å²) in [6, 6.07) is 8.26. The summed E-state index contributed by atoms with van der Waals surface area (Å²) in [7, 11) is 0. The van der Waals surface area contributed by atoms with Crippen LogP contribution in [-0.4, -0.2) is 22.3 Å². The molecule has 5 nitrogen and oxygen atoms in total. The van der Waals surface area contributed by atoms with E-state index in [9.17, 15) is 0 Å². The van der Waals surface area contributed by atoms with Gasteiger partial charge in [-0.1, -0.05) is 22.9 Å². The highest BCUT2D eigenvalue weighted by Gasteiger charge is 2.43. The standard InChI is InChI=1S/C16H19N3O2/c1-10-2-4-11(5-3-10)17-9-15-18-16(19-21-15)13-8-12-6-7-14(13)20-12/h2-5,12-14,17H,6-9H2,1H3. The lowest BCUT2D eigenvalue weighted by Crippen LogP contribution is -2.15. The third-order valence-electron chi connectivity index (χ3n) is 4.42. The molecule has 2 bridgehead atoms. The number of anilines is 1. The second-order valence-electron chi connectivity index (χ2n) is 5.98. The third-order valence-corrected chi connectivity index (χ3v) is 4.42. The lowest BCUT2D eigenvalue weighted by molar-refractivity contribution is 0.0996. The van der Waals surface area contributed by atoms with E-state index in [1.807, 2.05) is 0 Å². The smallest absolute Gasteiger partial charge is 0.245 e. The Morgan fingerprint density at radius 3 is 2.81 bits per heavy atom.